The molecule has 14 aromatic rings. The fraction of sp³-hybridized carbons (Fsp3) is 0. The molecule has 0 fully saturated rings. The highest BCUT2D eigenvalue weighted by Gasteiger charge is 2.23. The number of hydrogen-bond acceptors (Lipinski definition) is 4. The van der Waals surface area contributed by atoms with Crippen molar-refractivity contribution in [2.24, 2.45) is 0 Å². The van der Waals surface area contributed by atoms with Crippen molar-refractivity contribution < 1.29 is 0 Å². The van der Waals surface area contributed by atoms with Crippen LogP contribution >= 0.6 is 22.7 Å². The monoisotopic (exact) mass is 824 g/mol. The summed E-state index contributed by atoms with van der Waals surface area (Å²) in [5.41, 5.74) is 11.1. The second-order valence-corrected chi connectivity index (χ2v) is 18.2. The van der Waals surface area contributed by atoms with Crippen molar-refractivity contribution in [1.82, 2.24) is 19.1 Å². The normalized spacial score (nSPS) is 12.2. The van der Waals surface area contributed by atoms with Crippen molar-refractivity contribution >= 4 is 118 Å². The highest BCUT2D eigenvalue weighted by molar-refractivity contribution is 7.27. The Labute approximate surface area is 362 Å². The quantitative estimate of drug-likeness (QED) is 0.177. The van der Waals surface area contributed by atoms with Gasteiger partial charge in [0.25, 0.3) is 0 Å². The number of hydrogen-bond donors (Lipinski definition) is 0. The molecule has 62 heavy (non-hydrogen) atoms. The topological polar surface area (TPSA) is 35.6 Å². The fourth-order valence-electron chi connectivity index (χ4n) is 10.0. The smallest absolute Gasteiger partial charge is 0.235 e. The van der Waals surface area contributed by atoms with E-state index in [1.54, 1.807) is 0 Å². The van der Waals surface area contributed by atoms with Gasteiger partial charge in [0.2, 0.25) is 5.95 Å². The Kier molecular flexibility index (Phi) is 7.11. The minimum Gasteiger partial charge on any atom is -0.309 e. The van der Waals surface area contributed by atoms with Crippen LogP contribution in [-0.4, -0.2) is 19.1 Å². The van der Waals surface area contributed by atoms with Crippen LogP contribution in [0.2, 0.25) is 0 Å². The Bertz CT molecular complexity index is 4150. The second kappa shape index (κ2) is 12.9. The van der Waals surface area contributed by atoms with Crippen molar-refractivity contribution in [2.75, 3.05) is 0 Å². The number of thiophene rings is 2. The van der Waals surface area contributed by atoms with E-state index in [1.165, 1.54) is 89.7 Å². The lowest BCUT2D eigenvalue weighted by molar-refractivity contribution is 1.01. The highest BCUT2D eigenvalue weighted by Crippen LogP contribution is 2.47. The lowest BCUT2D eigenvalue weighted by Gasteiger charge is -2.12. The molecule has 288 valence electrons. The Morgan fingerprint density at radius 1 is 0.339 bits per heavy atom. The summed E-state index contributed by atoms with van der Waals surface area (Å²) in [4.78, 5) is 10.7. The molecule has 14 rings (SSSR count). The second-order valence-electron chi connectivity index (χ2n) is 16.1. The van der Waals surface area contributed by atoms with Gasteiger partial charge in [0.05, 0.1) is 39.0 Å². The molecule has 0 saturated heterocycles. The lowest BCUT2D eigenvalue weighted by atomic mass is 10.0. The minimum atomic E-state index is 0.666. The SMILES string of the molecule is c1ccc(-c2ccc(-c3nc(-n4c5ccccc5c5c6sc7cc8c(cc7c6ccc54)c4ccccc4n8-c4cccc5sc6ccccc6c45)nc4ccccc34)cc2)cc1. The predicted octanol–water partition coefficient (Wildman–Crippen LogP) is 15.9. The van der Waals surface area contributed by atoms with Gasteiger partial charge in [0.1, 0.15) is 0 Å². The maximum Gasteiger partial charge on any atom is 0.235 e. The summed E-state index contributed by atoms with van der Waals surface area (Å²) in [7, 11) is 0. The Balaban J connectivity index is 1.01. The molecular weight excluding hydrogens is 793 g/mol. The van der Waals surface area contributed by atoms with Gasteiger partial charge in [-0.1, -0.05) is 140 Å². The molecule has 0 unspecified atom stereocenters. The first-order valence-electron chi connectivity index (χ1n) is 20.9. The van der Waals surface area contributed by atoms with Crippen molar-refractivity contribution in [2.45, 2.75) is 0 Å². The van der Waals surface area contributed by atoms with E-state index in [2.05, 4.69) is 203 Å². The van der Waals surface area contributed by atoms with E-state index in [-0.39, 0.29) is 0 Å². The maximum absolute atomic E-state index is 5.43. The van der Waals surface area contributed by atoms with Crippen LogP contribution in [0, 0.1) is 0 Å². The van der Waals surface area contributed by atoms with E-state index in [4.69, 9.17) is 9.97 Å². The zero-order chi connectivity index (χ0) is 40.5. The summed E-state index contributed by atoms with van der Waals surface area (Å²) in [6.07, 6.45) is 0. The number of benzene rings is 9. The molecule has 0 aliphatic carbocycles. The standard InChI is InChI=1S/C56H32N4S2/c1-2-13-33(14-3-1)34-25-27-35(28-26-34)54-38-16-4-8-19-43(38)57-56(58-54)60-45-21-10-6-17-39(45)53-47(60)30-29-37-42-31-41-36-15-5-9-20-44(36)59(48(41)32-51(42)62-55(37)53)46-22-12-24-50-52(46)40-18-7-11-23-49(40)61-50/h1-32H. The van der Waals surface area contributed by atoms with E-state index in [1.807, 2.05) is 22.7 Å². The third-order valence-corrected chi connectivity index (χ3v) is 15.1. The molecule has 0 saturated carbocycles. The van der Waals surface area contributed by atoms with Crippen LogP contribution in [0.15, 0.2) is 194 Å². The third kappa shape index (κ3) is 4.82. The first-order chi connectivity index (χ1) is 30.7. The Morgan fingerprint density at radius 3 is 1.87 bits per heavy atom. The average molecular weight is 825 g/mol. The maximum atomic E-state index is 5.43. The molecule has 9 aromatic carbocycles. The van der Waals surface area contributed by atoms with Crippen molar-refractivity contribution in [3.05, 3.63) is 194 Å². The summed E-state index contributed by atoms with van der Waals surface area (Å²) in [5, 5.41) is 11.1. The fourth-order valence-corrected chi connectivity index (χ4v) is 12.4. The van der Waals surface area contributed by atoms with Crippen LogP contribution in [0.3, 0.4) is 0 Å². The molecule has 0 spiro atoms. The van der Waals surface area contributed by atoms with Crippen LogP contribution in [0.25, 0.3) is 129 Å². The average Bonchev–Trinajstić information content (AvgIpc) is 4.08. The number of fused-ring (bicyclic) bond motifs is 14. The Morgan fingerprint density at radius 2 is 1.02 bits per heavy atom. The van der Waals surface area contributed by atoms with E-state index in [0.29, 0.717) is 5.95 Å². The van der Waals surface area contributed by atoms with Crippen molar-refractivity contribution in [3.8, 4) is 34.0 Å². The molecule has 0 N–H and O–H groups in total. The molecule has 0 radical (unpaired) electrons. The highest BCUT2D eigenvalue weighted by atomic mass is 32.1. The van der Waals surface area contributed by atoms with Crippen molar-refractivity contribution in [3.63, 3.8) is 0 Å². The van der Waals surface area contributed by atoms with E-state index in [9.17, 15) is 0 Å². The largest absolute Gasteiger partial charge is 0.309 e. The molecule has 5 heterocycles. The first-order valence-corrected chi connectivity index (χ1v) is 22.5. The Hall–Kier alpha value is -7.64. The van der Waals surface area contributed by atoms with Crippen molar-refractivity contribution in [1.29, 1.82) is 0 Å². The molecule has 0 aliphatic heterocycles. The molecule has 5 aromatic heterocycles. The van der Waals surface area contributed by atoms with E-state index in [0.717, 1.165) is 33.2 Å². The van der Waals surface area contributed by atoms with E-state index >= 15 is 0 Å². The van der Waals surface area contributed by atoms with Gasteiger partial charge in [0.15, 0.2) is 0 Å². The lowest BCUT2D eigenvalue weighted by Crippen LogP contribution is -2.03. The molecule has 6 heteroatoms. The van der Waals surface area contributed by atoms with Crippen LogP contribution in [-0.2, 0) is 0 Å². The van der Waals surface area contributed by atoms with Gasteiger partial charge in [-0.05, 0) is 65.7 Å². The number of nitrogens with zero attached hydrogens (tertiary/aromatic N) is 4. The van der Waals surface area contributed by atoms with Gasteiger partial charge in [-0.25, -0.2) is 9.97 Å². The third-order valence-electron chi connectivity index (χ3n) is 12.7. The molecule has 0 atom stereocenters. The summed E-state index contributed by atoms with van der Waals surface area (Å²) < 4.78 is 9.94. The zero-order valence-electron chi connectivity index (χ0n) is 33.1. The van der Waals surface area contributed by atoms with Gasteiger partial charge < -0.3 is 4.57 Å². The van der Waals surface area contributed by atoms with Crippen LogP contribution in [0.4, 0.5) is 0 Å². The van der Waals surface area contributed by atoms with E-state index < -0.39 is 0 Å². The summed E-state index contributed by atoms with van der Waals surface area (Å²) >= 11 is 3.76. The van der Waals surface area contributed by atoms with Gasteiger partial charge in [0, 0.05) is 72.8 Å². The van der Waals surface area contributed by atoms with Gasteiger partial charge in [-0.3, -0.25) is 4.57 Å². The zero-order valence-corrected chi connectivity index (χ0v) is 34.7. The molecule has 0 bridgehead atoms. The van der Waals surface area contributed by atoms with Gasteiger partial charge in [-0.15, -0.1) is 22.7 Å². The number of para-hydroxylation sites is 3. The van der Waals surface area contributed by atoms with Gasteiger partial charge >= 0.3 is 0 Å². The first kappa shape index (κ1) is 34.1. The summed E-state index contributed by atoms with van der Waals surface area (Å²) in [5.74, 6) is 0.666. The van der Waals surface area contributed by atoms with Crippen LogP contribution in [0.1, 0.15) is 0 Å². The number of rotatable bonds is 4. The predicted molar refractivity (Wildman–Crippen MR) is 265 cm³/mol. The molecule has 4 nitrogen and oxygen atoms in total. The number of aromatic nitrogens is 4. The van der Waals surface area contributed by atoms with Gasteiger partial charge in [-0.2, -0.15) is 0 Å². The van der Waals surface area contributed by atoms with Crippen LogP contribution in [0.5, 0.6) is 0 Å². The summed E-state index contributed by atoms with van der Waals surface area (Å²) in [6, 6.07) is 70.3. The summed E-state index contributed by atoms with van der Waals surface area (Å²) in [6.45, 7) is 0. The molecule has 0 amide bonds. The minimum absolute atomic E-state index is 0.666. The molecule has 0 aliphatic rings. The van der Waals surface area contributed by atoms with Crippen LogP contribution < -0.4 is 0 Å². The molecular formula is C56H32N4S2.